The van der Waals surface area contributed by atoms with E-state index in [0.717, 1.165) is 23.4 Å². The van der Waals surface area contributed by atoms with Crippen LogP contribution in [-0.2, 0) is 13.0 Å². The van der Waals surface area contributed by atoms with Gasteiger partial charge in [0.2, 0.25) is 0 Å². The lowest BCUT2D eigenvalue weighted by Gasteiger charge is -2.22. The molecule has 6 heteroatoms. The Hall–Kier alpha value is -3.41. The first-order valence-electron chi connectivity index (χ1n) is 9.26. The number of hydrogen-bond donors (Lipinski definition) is 1. The number of amides is 1. The molecule has 1 atom stereocenters. The molecule has 142 valence electrons. The molecule has 0 aliphatic carbocycles. The highest BCUT2D eigenvalue weighted by Crippen LogP contribution is 2.32. The maximum atomic E-state index is 13.1. The van der Waals surface area contributed by atoms with Gasteiger partial charge in [-0.15, -0.1) is 0 Å². The number of hydrogen-bond acceptors (Lipinski definition) is 5. The van der Waals surface area contributed by atoms with Crippen molar-refractivity contribution < 1.29 is 9.53 Å². The number of ether oxygens (including phenoxy) is 1. The van der Waals surface area contributed by atoms with Gasteiger partial charge in [0.05, 0.1) is 7.11 Å². The zero-order valence-corrected chi connectivity index (χ0v) is 15.9. The van der Waals surface area contributed by atoms with E-state index in [-0.39, 0.29) is 11.9 Å². The van der Waals surface area contributed by atoms with E-state index >= 15 is 0 Å². The molecule has 0 saturated carbocycles. The lowest BCUT2D eigenvalue weighted by Crippen LogP contribution is -2.36. The van der Waals surface area contributed by atoms with Crippen molar-refractivity contribution in [3.63, 3.8) is 0 Å². The number of carbonyl (C=O) groups excluding carboxylic acids is 1. The molecular weight excluding hydrogens is 352 g/mol. The molecule has 2 heterocycles. The van der Waals surface area contributed by atoms with Gasteiger partial charge in [-0.05, 0) is 42.7 Å². The van der Waals surface area contributed by atoms with Crippen molar-refractivity contribution in [3.8, 4) is 5.75 Å². The lowest BCUT2D eigenvalue weighted by molar-refractivity contribution is 0.0976. The van der Waals surface area contributed by atoms with Crippen molar-refractivity contribution >= 4 is 17.4 Å². The van der Waals surface area contributed by atoms with Crippen molar-refractivity contribution in [2.75, 3.05) is 17.3 Å². The quantitative estimate of drug-likeness (QED) is 0.738. The number of rotatable bonds is 5. The van der Waals surface area contributed by atoms with E-state index < -0.39 is 0 Å². The molecule has 2 aromatic carbocycles. The molecule has 1 unspecified atom stereocenters. The van der Waals surface area contributed by atoms with Crippen LogP contribution in [0.1, 0.15) is 28.5 Å². The van der Waals surface area contributed by atoms with Gasteiger partial charge < -0.3 is 15.0 Å². The number of fused-ring (bicyclic) bond motifs is 1. The van der Waals surface area contributed by atoms with Crippen molar-refractivity contribution in [2.45, 2.75) is 25.9 Å². The normalized spacial score (nSPS) is 15.2. The third-order valence-corrected chi connectivity index (χ3v) is 4.94. The minimum Gasteiger partial charge on any atom is -0.497 e. The van der Waals surface area contributed by atoms with Gasteiger partial charge >= 0.3 is 0 Å². The Bertz CT molecular complexity index is 988. The number of nitrogens with one attached hydrogen (secondary N) is 1. The fourth-order valence-corrected chi connectivity index (χ4v) is 3.51. The van der Waals surface area contributed by atoms with E-state index in [4.69, 9.17) is 4.74 Å². The van der Waals surface area contributed by atoms with Crippen LogP contribution >= 0.6 is 0 Å². The van der Waals surface area contributed by atoms with Gasteiger partial charge in [-0.2, -0.15) is 0 Å². The van der Waals surface area contributed by atoms with Crippen molar-refractivity contribution in [2.24, 2.45) is 0 Å². The first-order valence-corrected chi connectivity index (χ1v) is 9.26. The Morgan fingerprint density at radius 1 is 1.18 bits per heavy atom. The highest BCUT2D eigenvalue weighted by Gasteiger charge is 2.31. The van der Waals surface area contributed by atoms with E-state index in [1.165, 1.54) is 11.9 Å². The molecule has 3 aromatic rings. The molecule has 0 radical (unpaired) electrons. The van der Waals surface area contributed by atoms with Crippen LogP contribution in [0.25, 0.3) is 0 Å². The van der Waals surface area contributed by atoms with Crippen LogP contribution in [-0.4, -0.2) is 29.0 Å². The summed E-state index contributed by atoms with van der Waals surface area (Å²) in [6, 6.07) is 17.6. The maximum absolute atomic E-state index is 13.1. The van der Waals surface area contributed by atoms with Gasteiger partial charge in [0.25, 0.3) is 5.91 Å². The fourth-order valence-electron chi connectivity index (χ4n) is 3.51. The van der Waals surface area contributed by atoms with Crippen LogP contribution in [0.4, 0.5) is 11.5 Å². The average Bonchev–Trinajstić information content (AvgIpc) is 3.08. The average molecular weight is 374 g/mol. The summed E-state index contributed by atoms with van der Waals surface area (Å²) in [5.74, 6) is 1.33. The zero-order chi connectivity index (χ0) is 19.5. The van der Waals surface area contributed by atoms with Crippen molar-refractivity contribution in [1.29, 1.82) is 0 Å². The summed E-state index contributed by atoms with van der Waals surface area (Å²) in [6.45, 7) is 2.65. The molecule has 1 amide bonds. The molecule has 0 spiro atoms. The summed E-state index contributed by atoms with van der Waals surface area (Å²) < 4.78 is 5.17. The van der Waals surface area contributed by atoms with Crippen molar-refractivity contribution in [3.05, 3.63) is 77.7 Å². The number of benzene rings is 2. The van der Waals surface area contributed by atoms with Gasteiger partial charge in [0.1, 0.15) is 23.6 Å². The highest BCUT2D eigenvalue weighted by molar-refractivity contribution is 6.06. The summed E-state index contributed by atoms with van der Waals surface area (Å²) in [5.41, 5.74) is 3.63. The van der Waals surface area contributed by atoms with E-state index in [1.54, 1.807) is 13.2 Å². The zero-order valence-electron chi connectivity index (χ0n) is 15.9. The Morgan fingerprint density at radius 2 is 1.96 bits per heavy atom. The summed E-state index contributed by atoms with van der Waals surface area (Å²) in [6.07, 6.45) is 2.28. The van der Waals surface area contributed by atoms with E-state index in [9.17, 15) is 4.79 Å². The Kier molecular flexibility index (Phi) is 4.93. The van der Waals surface area contributed by atoms with Gasteiger partial charge in [-0.25, -0.2) is 9.97 Å². The van der Waals surface area contributed by atoms with Crippen LogP contribution in [0.5, 0.6) is 5.75 Å². The standard InChI is InChI=1S/C22H22N4O2/c1-15-11-17-5-3-4-6-20(17)26(15)22(27)19-12-21(25-14-24-19)23-13-16-7-9-18(28-2)10-8-16/h3-10,12,14-15H,11,13H2,1-2H3,(H,23,24,25). The number of para-hydroxylation sites is 1. The Labute approximate surface area is 164 Å². The molecule has 0 saturated heterocycles. The Morgan fingerprint density at radius 3 is 2.75 bits per heavy atom. The number of methoxy groups -OCH3 is 1. The van der Waals surface area contributed by atoms with Crippen LogP contribution in [0.2, 0.25) is 0 Å². The largest absolute Gasteiger partial charge is 0.497 e. The predicted octanol–water partition coefficient (Wildman–Crippen LogP) is 3.69. The molecule has 0 bridgehead atoms. The van der Waals surface area contributed by atoms with E-state index in [2.05, 4.69) is 28.3 Å². The number of aromatic nitrogens is 2. The van der Waals surface area contributed by atoms with Crippen LogP contribution < -0.4 is 15.0 Å². The predicted molar refractivity (Wildman–Crippen MR) is 109 cm³/mol. The third-order valence-electron chi connectivity index (χ3n) is 4.94. The molecule has 1 aromatic heterocycles. The second-order valence-electron chi connectivity index (χ2n) is 6.85. The lowest BCUT2D eigenvalue weighted by atomic mass is 10.1. The second-order valence-corrected chi connectivity index (χ2v) is 6.85. The fraction of sp³-hybridized carbons (Fsp3) is 0.227. The molecule has 6 nitrogen and oxygen atoms in total. The molecule has 28 heavy (non-hydrogen) atoms. The van der Waals surface area contributed by atoms with Gasteiger partial charge in [0, 0.05) is 24.3 Å². The van der Waals surface area contributed by atoms with Crippen LogP contribution in [0, 0.1) is 0 Å². The van der Waals surface area contributed by atoms with Gasteiger partial charge in [0.15, 0.2) is 0 Å². The monoisotopic (exact) mass is 374 g/mol. The molecular formula is C22H22N4O2. The number of nitrogens with zero attached hydrogens (tertiary/aromatic N) is 3. The number of anilines is 2. The highest BCUT2D eigenvalue weighted by atomic mass is 16.5. The number of carbonyl (C=O) groups is 1. The van der Waals surface area contributed by atoms with Gasteiger partial charge in [-0.3, -0.25) is 4.79 Å². The van der Waals surface area contributed by atoms with Crippen LogP contribution in [0.3, 0.4) is 0 Å². The summed E-state index contributed by atoms with van der Waals surface area (Å²) >= 11 is 0. The maximum Gasteiger partial charge on any atom is 0.277 e. The first kappa shape index (κ1) is 18.0. The third kappa shape index (κ3) is 3.53. The van der Waals surface area contributed by atoms with Crippen LogP contribution in [0.15, 0.2) is 60.9 Å². The minimum absolute atomic E-state index is 0.104. The molecule has 1 aliphatic rings. The SMILES string of the molecule is COc1ccc(CNc2cc(C(=O)N3c4ccccc4CC3C)ncn2)cc1. The van der Waals surface area contributed by atoms with Gasteiger partial charge in [-0.1, -0.05) is 30.3 Å². The second kappa shape index (κ2) is 7.68. The summed E-state index contributed by atoms with van der Waals surface area (Å²) in [4.78, 5) is 23.4. The molecule has 4 rings (SSSR count). The minimum atomic E-state index is -0.104. The van der Waals surface area contributed by atoms with Crippen molar-refractivity contribution in [1.82, 2.24) is 9.97 Å². The summed E-state index contributed by atoms with van der Waals surface area (Å²) in [5, 5.41) is 3.25. The smallest absolute Gasteiger partial charge is 0.277 e. The Balaban J connectivity index is 1.49. The van der Waals surface area contributed by atoms with E-state index in [1.807, 2.05) is 47.4 Å². The summed E-state index contributed by atoms with van der Waals surface area (Å²) in [7, 11) is 1.65. The molecule has 1 aliphatic heterocycles. The first-order chi connectivity index (χ1) is 13.7. The molecule has 0 fully saturated rings. The topological polar surface area (TPSA) is 67.3 Å². The molecule has 1 N–H and O–H groups in total. The van der Waals surface area contributed by atoms with E-state index in [0.29, 0.717) is 18.1 Å².